The first-order valence-corrected chi connectivity index (χ1v) is 9.03. The quantitative estimate of drug-likeness (QED) is 0.554. The van der Waals surface area contributed by atoms with Crippen molar-refractivity contribution in [1.82, 2.24) is 14.9 Å². The van der Waals surface area contributed by atoms with E-state index in [1.165, 1.54) is 30.6 Å². The zero-order valence-corrected chi connectivity index (χ0v) is 15.9. The molecule has 0 saturated carbocycles. The third-order valence-electron chi connectivity index (χ3n) is 4.93. The number of urea groups is 1. The predicted octanol–water partition coefficient (Wildman–Crippen LogP) is 3.16. The minimum Gasteiger partial charge on any atom is -0.317 e. The monoisotopic (exact) mass is 386 g/mol. The Labute approximate surface area is 167 Å². The van der Waals surface area contributed by atoms with Gasteiger partial charge in [-0.1, -0.05) is 12.1 Å². The summed E-state index contributed by atoms with van der Waals surface area (Å²) in [6, 6.07) is 11.9. The summed E-state index contributed by atoms with van der Waals surface area (Å²) in [5.74, 6) is -1.40. The summed E-state index contributed by atoms with van der Waals surface area (Å²) < 4.78 is 1.91. The van der Waals surface area contributed by atoms with Crippen LogP contribution in [0.2, 0.25) is 0 Å². The zero-order chi connectivity index (χ0) is 20.5. The highest BCUT2D eigenvalue weighted by molar-refractivity contribution is 6.39. The molecule has 1 fully saturated rings. The number of nitrogens with one attached hydrogen (secondary N) is 1. The maximum Gasteiger partial charge on any atom is 0.335 e. The highest BCUT2D eigenvalue weighted by Crippen LogP contribution is 2.24. The summed E-state index contributed by atoms with van der Waals surface area (Å²) in [6.07, 6.45) is 6.31. The number of amides is 4. The van der Waals surface area contributed by atoms with Crippen LogP contribution in [0, 0.1) is 13.8 Å². The Morgan fingerprint density at radius 1 is 0.966 bits per heavy atom. The van der Waals surface area contributed by atoms with Gasteiger partial charge in [-0.3, -0.25) is 19.9 Å². The van der Waals surface area contributed by atoms with Gasteiger partial charge in [-0.05, 0) is 61.4 Å². The van der Waals surface area contributed by atoms with E-state index in [0.29, 0.717) is 11.4 Å². The molecule has 0 spiro atoms. The lowest BCUT2D eigenvalue weighted by Crippen LogP contribution is -2.54. The Morgan fingerprint density at radius 3 is 2.48 bits per heavy atom. The molecule has 0 unspecified atom stereocenters. The molecule has 0 radical (unpaired) electrons. The second-order valence-electron chi connectivity index (χ2n) is 6.69. The van der Waals surface area contributed by atoms with Gasteiger partial charge in [-0.2, -0.15) is 0 Å². The Morgan fingerprint density at radius 2 is 1.72 bits per heavy atom. The maximum atomic E-state index is 13.0. The van der Waals surface area contributed by atoms with Crippen molar-refractivity contribution in [3.05, 3.63) is 83.4 Å². The molecule has 1 aliphatic rings. The fraction of sp³-hybridized carbons (Fsp3) is 0.0909. The zero-order valence-electron chi connectivity index (χ0n) is 15.9. The predicted molar refractivity (Wildman–Crippen MR) is 108 cm³/mol. The molecule has 7 heteroatoms. The van der Waals surface area contributed by atoms with Crippen LogP contribution in [0.15, 0.2) is 66.6 Å². The van der Waals surface area contributed by atoms with Crippen LogP contribution in [0.3, 0.4) is 0 Å². The van der Waals surface area contributed by atoms with Gasteiger partial charge >= 0.3 is 6.03 Å². The van der Waals surface area contributed by atoms with Gasteiger partial charge in [0, 0.05) is 30.0 Å². The molecule has 1 aromatic carbocycles. The molecule has 29 heavy (non-hydrogen) atoms. The van der Waals surface area contributed by atoms with Crippen molar-refractivity contribution in [1.29, 1.82) is 0 Å². The molecule has 144 valence electrons. The Kier molecular flexibility index (Phi) is 4.56. The second-order valence-corrected chi connectivity index (χ2v) is 6.69. The van der Waals surface area contributed by atoms with E-state index in [1.807, 2.05) is 54.9 Å². The third-order valence-corrected chi connectivity index (χ3v) is 4.93. The number of benzene rings is 1. The number of pyridine rings is 1. The fourth-order valence-corrected chi connectivity index (χ4v) is 3.26. The number of anilines is 1. The van der Waals surface area contributed by atoms with Crippen molar-refractivity contribution in [2.24, 2.45) is 0 Å². The van der Waals surface area contributed by atoms with Gasteiger partial charge in [-0.15, -0.1) is 0 Å². The molecule has 1 aliphatic heterocycles. The van der Waals surface area contributed by atoms with Crippen molar-refractivity contribution >= 4 is 29.6 Å². The molecule has 7 nitrogen and oxygen atoms in total. The van der Waals surface area contributed by atoms with Gasteiger partial charge in [0.2, 0.25) is 0 Å². The molecular formula is C22H18N4O3. The highest BCUT2D eigenvalue weighted by Gasteiger charge is 2.37. The lowest BCUT2D eigenvalue weighted by Gasteiger charge is -2.26. The highest BCUT2D eigenvalue weighted by atomic mass is 16.2. The largest absolute Gasteiger partial charge is 0.335 e. The molecule has 3 aromatic rings. The molecule has 2 aromatic heterocycles. The van der Waals surface area contributed by atoms with Crippen LogP contribution < -0.4 is 10.2 Å². The van der Waals surface area contributed by atoms with E-state index < -0.39 is 17.8 Å². The Hall–Kier alpha value is -4.00. The van der Waals surface area contributed by atoms with Crippen LogP contribution in [0.5, 0.6) is 0 Å². The smallest absolute Gasteiger partial charge is 0.317 e. The fourth-order valence-electron chi connectivity index (χ4n) is 3.26. The minimum atomic E-state index is -0.784. The van der Waals surface area contributed by atoms with E-state index in [9.17, 15) is 14.4 Å². The maximum absolute atomic E-state index is 13.0. The Balaban J connectivity index is 1.78. The number of hydrogen-bond donors (Lipinski definition) is 1. The van der Waals surface area contributed by atoms with Crippen molar-refractivity contribution in [3.8, 4) is 5.69 Å². The first-order valence-electron chi connectivity index (χ1n) is 9.03. The van der Waals surface area contributed by atoms with Crippen LogP contribution in [0.25, 0.3) is 11.8 Å². The van der Waals surface area contributed by atoms with Crippen LogP contribution in [-0.2, 0) is 9.59 Å². The van der Waals surface area contributed by atoms with Gasteiger partial charge in [-0.25, -0.2) is 9.69 Å². The molecule has 0 bridgehead atoms. The van der Waals surface area contributed by atoms with Gasteiger partial charge in [0.15, 0.2) is 0 Å². The van der Waals surface area contributed by atoms with Gasteiger partial charge < -0.3 is 4.57 Å². The van der Waals surface area contributed by atoms with E-state index in [0.717, 1.165) is 21.7 Å². The number of imide groups is 2. The molecule has 1 saturated heterocycles. The van der Waals surface area contributed by atoms with E-state index in [-0.39, 0.29) is 5.57 Å². The SMILES string of the molecule is Cc1cccc(-n2cccc2/C=C2\C(=O)NC(=O)N(c3ccncc3)C2=O)c1C. The van der Waals surface area contributed by atoms with Crippen LogP contribution >= 0.6 is 0 Å². The number of rotatable bonds is 3. The summed E-state index contributed by atoms with van der Waals surface area (Å²) >= 11 is 0. The van der Waals surface area contributed by atoms with Crippen LogP contribution in [0.1, 0.15) is 16.8 Å². The van der Waals surface area contributed by atoms with E-state index >= 15 is 0 Å². The summed E-state index contributed by atoms with van der Waals surface area (Å²) in [5.41, 5.74) is 4.05. The number of barbiturate groups is 1. The topological polar surface area (TPSA) is 84.3 Å². The third kappa shape index (κ3) is 3.23. The normalized spacial score (nSPS) is 15.7. The van der Waals surface area contributed by atoms with Gasteiger partial charge in [0.25, 0.3) is 11.8 Å². The second kappa shape index (κ2) is 7.20. The number of hydrogen-bond acceptors (Lipinski definition) is 4. The lowest BCUT2D eigenvalue weighted by molar-refractivity contribution is -0.122. The number of nitrogens with zero attached hydrogens (tertiary/aromatic N) is 3. The summed E-state index contributed by atoms with van der Waals surface area (Å²) in [4.78, 5) is 42.5. The lowest BCUT2D eigenvalue weighted by atomic mass is 10.1. The van der Waals surface area contributed by atoms with E-state index in [4.69, 9.17) is 0 Å². The summed E-state index contributed by atoms with van der Waals surface area (Å²) in [5, 5.41) is 2.23. The van der Waals surface area contributed by atoms with Crippen molar-refractivity contribution in [3.63, 3.8) is 0 Å². The number of aromatic nitrogens is 2. The average Bonchev–Trinajstić information content (AvgIpc) is 3.16. The van der Waals surface area contributed by atoms with E-state index in [2.05, 4.69) is 10.3 Å². The molecular weight excluding hydrogens is 368 g/mol. The molecule has 4 amide bonds. The number of aryl methyl sites for hydroxylation is 1. The first-order chi connectivity index (χ1) is 14.0. The van der Waals surface area contributed by atoms with Crippen molar-refractivity contribution < 1.29 is 14.4 Å². The average molecular weight is 386 g/mol. The molecule has 1 N–H and O–H groups in total. The summed E-state index contributed by atoms with van der Waals surface area (Å²) in [6.45, 7) is 4.04. The molecule has 0 atom stereocenters. The van der Waals surface area contributed by atoms with Gasteiger partial charge in [0.1, 0.15) is 5.57 Å². The Bertz CT molecular complexity index is 1160. The van der Waals surface area contributed by atoms with Crippen molar-refractivity contribution in [2.75, 3.05) is 4.90 Å². The first kappa shape index (κ1) is 18.4. The summed E-state index contributed by atoms with van der Waals surface area (Å²) in [7, 11) is 0. The van der Waals surface area contributed by atoms with Crippen molar-refractivity contribution in [2.45, 2.75) is 13.8 Å². The van der Waals surface area contributed by atoms with Gasteiger partial charge in [0.05, 0.1) is 5.69 Å². The molecule has 3 heterocycles. The van der Waals surface area contributed by atoms with Crippen LogP contribution in [-0.4, -0.2) is 27.4 Å². The standard InChI is InChI=1S/C22H18N4O3/c1-14-5-3-7-19(15(14)2)25-12-4-6-17(25)13-18-20(27)24-22(29)26(21(18)28)16-8-10-23-11-9-16/h3-13H,1-2H3,(H,24,27,29)/b18-13+. The molecule has 0 aliphatic carbocycles. The number of carbonyl (C=O) groups excluding carboxylic acids is 3. The van der Waals surface area contributed by atoms with Crippen LogP contribution in [0.4, 0.5) is 10.5 Å². The molecule has 4 rings (SSSR count). The minimum absolute atomic E-state index is 0.119. The van der Waals surface area contributed by atoms with E-state index in [1.54, 1.807) is 0 Å². The number of carbonyl (C=O) groups is 3.